The van der Waals surface area contributed by atoms with Gasteiger partial charge in [-0.2, -0.15) is 0 Å². The summed E-state index contributed by atoms with van der Waals surface area (Å²) < 4.78 is 0. The summed E-state index contributed by atoms with van der Waals surface area (Å²) in [6.45, 7) is 8.27. The van der Waals surface area contributed by atoms with E-state index in [0.29, 0.717) is 0 Å². The second kappa shape index (κ2) is 5.57. The topological polar surface area (TPSA) is 0 Å². The van der Waals surface area contributed by atoms with E-state index in [-0.39, 0.29) is 0 Å². The molecule has 0 aliphatic rings. The highest BCUT2D eigenvalue weighted by atomic mass is 14.2. The molecule has 0 nitrogen and oxygen atoms in total. The van der Waals surface area contributed by atoms with E-state index < -0.39 is 0 Å². The van der Waals surface area contributed by atoms with Crippen LogP contribution in [-0.4, -0.2) is 0 Å². The zero-order valence-corrected chi connectivity index (χ0v) is 14.5. The van der Waals surface area contributed by atoms with Gasteiger partial charge in [-0.25, -0.2) is 0 Å². The van der Waals surface area contributed by atoms with E-state index in [2.05, 4.69) is 86.0 Å². The van der Waals surface area contributed by atoms with Crippen LogP contribution in [0, 0.1) is 0 Å². The zero-order valence-electron chi connectivity index (χ0n) is 14.5. The van der Waals surface area contributed by atoms with Gasteiger partial charge in [0.2, 0.25) is 0 Å². The van der Waals surface area contributed by atoms with Crippen molar-refractivity contribution in [3.8, 4) is 0 Å². The Morgan fingerprint density at radius 3 is 1.31 bits per heavy atom. The molecule has 0 aliphatic carbocycles. The Morgan fingerprint density at radius 2 is 0.885 bits per heavy atom. The molecule has 0 heteroatoms. The molecule has 0 radical (unpaired) electrons. The third-order valence-electron chi connectivity index (χ3n) is 5.39. The first-order chi connectivity index (χ1) is 12.8. The smallest absolute Gasteiger partial charge is 0.00206 e. The van der Waals surface area contributed by atoms with Gasteiger partial charge >= 0.3 is 0 Å². The first-order valence-corrected chi connectivity index (χ1v) is 8.87. The van der Waals surface area contributed by atoms with E-state index >= 15 is 0 Å². The summed E-state index contributed by atoms with van der Waals surface area (Å²) in [6, 6.07) is 26.0. The minimum absolute atomic E-state index is 1.16. The van der Waals surface area contributed by atoms with Crippen molar-refractivity contribution in [2.75, 3.05) is 0 Å². The molecule has 5 aromatic rings. The van der Waals surface area contributed by atoms with Crippen molar-refractivity contribution in [3.63, 3.8) is 0 Å². The molecule has 0 spiro atoms. The van der Waals surface area contributed by atoms with Crippen LogP contribution in [-0.2, 0) is 0 Å². The lowest BCUT2D eigenvalue weighted by Crippen LogP contribution is -1.91. The normalized spacial score (nSPS) is 11.4. The summed E-state index contributed by atoms with van der Waals surface area (Å²) in [5.41, 5.74) is 2.33. The highest BCUT2D eigenvalue weighted by Gasteiger charge is 2.15. The molecular weight excluding hydrogens is 312 g/mol. The molecule has 0 aliphatic heterocycles. The van der Waals surface area contributed by atoms with Crippen LogP contribution in [0.1, 0.15) is 11.1 Å². The summed E-state index contributed by atoms with van der Waals surface area (Å²) in [6.07, 6.45) is 3.96. The summed E-state index contributed by atoms with van der Waals surface area (Å²) in [4.78, 5) is 0. The summed E-state index contributed by atoms with van der Waals surface area (Å²) in [5, 5.41) is 10.1. The van der Waals surface area contributed by atoms with E-state index in [1.807, 2.05) is 12.2 Å². The highest BCUT2D eigenvalue weighted by Crippen LogP contribution is 2.41. The molecule has 0 N–H and O–H groups in total. The van der Waals surface area contributed by atoms with Crippen LogP contribution in [0.3, 0.4) is 0 Å². The summed E-state index contributed by atoms with van der Waals surface area (Å²) in [7, 11) is 0. The molecule has 0 amide bonds. The molecule has 0 atom stereocenters. The second-order valence-corrected chi connectivity index (χ2v) is 6.65. The van der Waals surface area contributed by atoms with Crippen LogP contribution in [0.15, 0.2) is 86.0 Å². The summed E-state index contributed by atoms with van der Waals surface area (Å²) >= 11 is 0. The van der Waals surface area contributed by atoms with E-state index in [4.69, 9.17) is 0 Å². The Labute approximate surface area is 152 Å². The Balaban J connectivity index is 2.18. The Bertz CT molecular complexity index is 1250. The van der Waals surface area contributed by atoms with Gasteiger partial charge in [-0.15, -0.1) is 0 Å². The van der Waals surface area contributed by atoms with Crippen molar-refractivity contribution >= 4 is 55.2 Å². The Morgan fingerprint density at radius 1 is 0.462 bits per heavy atom. The molecule has 0 heterocycles. The first kappa shape index (κ1) is 14.9. The number of hydrogen-bond acceptors (Lipinski definition) is 0. The third-order valence-corrected chi connectivity index (χ3v) is 5.39. The molecule has 0 saturated carbocycles. The second-order valence-electron chi connectivity index (χ2n) is 6.65. The van der Waals surface area contributed by atoms with E-state index in [1.54, 1.807) is 0 Å². The van der Waals surface area contributed by atoms with Crippen LogP contribution in [0.25, 0.3) is 55.2 Å². The van der Waals surface area contributed by atoms with Gasteiger partial charge in [0.1, 0.15) is 0 Å². The monoisotopic (exact) mass is 330 g/mol. The average Bonchev–Trinajstić information content (AvgIpc) is 2.71. The largest absolute Gasteiger partial charge is 0.0984 e. The van der Waals surface area contributed by atoms with Gasteiger partial charge in [-0.05, 0) is 54.2 Å². The van der Waals surface area contributed by atoms with Crippen LogP contribution in [0.2, 0.25) is 0 Å². The molecule has 26 heavy (non-hydrogen) atoms. The van der Waals surface area contributed by atoms with Crippen molar-refractivity contribution in [1.29, 1.82) is 0 Å². The molecule has 0 saturated heterocycles. The lowest BCUT2D eigenvalue weighted by Gasteiger charge is -2.17. The van der Waals surface area contributed by atoms with Gasteiger partial charge in [0, 0.05) is 0 Å². The third kappa shape index (κ3) is 1.90. The van der Waals surface area contributed by atoms with Gasteiger partial charge in [-0.1, -0.05) is 98.1 Å². The quantitative estimate of drug-likeness (QED) is 0.292. The van der Waals surface area contributed by atoms with Crippen LogP contribution in [0.5, 0.6) is 0 Å². The standard InChI is InChI=1S/C26H18/c1-3-19-20(4-2)26-22-12-8-6-10-18(22)14-16-24(26)23-15-13-17-9-5-7-11-21(17)25(19)23/h3-16H,1-2H2. The Hall–Kier alpha value is -3.38. The fraction of sp³-hybridized carbons (Fsp3) is 0. The lowest BCUT2D eigenvalue weighted by molar-refractivity contribution is 1.74. The van der Waals surface area contributed by atoms with E-state index in [0.717, 1.165) is 11.1 Å². The zero-order chi connectivity index (χ0) is 17.7. The van der Waals surface area contributed by atoms with E-state index in [1.165, 1.54) is 43.1 Å². The van der Waals surface area contributed by atoms with Gasteiger partial charge < -0.3 is 0 Å². The average molecular weight is 330 g/mol. The van der Waals surface area contributed by atoms with Crippen LogP contribution < -0.4 is 0 Å². The number of fused-ring (bicyclic) bond motifs is 7. The fourth-order valence-corrected chi connectivity index (χ4v) is 4.27. The SMILES string of the molecule is C=Cc1c(C=C)c2c3ccccc3ccc2c2ccc3ccccc3c12. The van der Waals surface area contributed by atoms with Crippen molar-refractivity contribution < 1.29 is 0 Å². The number of rotatable bonds is 2. The van der Waals surface area contributed by atoms with Gasteiger partial charge in [-0.3, -0.25) is 0 Å². The maximum absolute atomic E-state index is 4.14. The van der Waals surface area contributed by atoms with Gasteiger partial charge in [0.25, 0.3) is 0 Å². The minimum Gasteiger partial charge on any atom is -0.0984 e. The van der Waals surface area contributed by atoms with Crippen LogP contribution >= 0.6 is 0 Å². The maximum atomic E-state index is 4.14. The van der Waals surface area contributed by atoms with Gasteiger partial charge in [0.15, 0.2) is 0 Å². The molecule has 0 bridgehead atoms. The van der Waals surface area contributed by atoms with Crippen molar-refractivity contribution in [2.24, 2.45) is 0 Å². The van der Waals surface area contributed by atoms with E-state index in [9.17, 15) is 0 Å². The molecule has 0 aromatic heterocycles. The lowest BCUT2D eigenvalue weighted by atomic mass is 9.86. The minimum atomic E-state index is 1.16. The van der Waals surface area contributed by atoms with Crippen molar-refractivity contribution in [1.82, 2.24) is 0 Å². The molecule has 5 rings (SSSR count). The first-order valence-electron chi connectivity index (χ1n) is 8.87. The molecule has 0 unspecified atom stereocenters. The molecule has 0 fully saturated rings. The Kier molecular flexibility index (Phi) is 3.20. The summed E-state index contributed by atoms with van der Waals surface area (Å²) in [5.74, 6) is 0. The van der Waals surface area contributed by atoms with Crippen LogP contribution in [0.4, 0.5) is 0 Å². The van der Waals surface area contributed by atoms with Crippen molar-refractivity contribution in [2.45, 2.75) is 0 Å². The predicted octanol–water partition coefficient (Wildman–Crippen LogP) is 7.59. The number of benzene rings is 5. The molecule has 122 valence electrons. The molecule has 5 aromatic carbocycles. The predicted molar refractivity (Wildman–Crippen MR) is 117 cm³/mol. The highest BCUT2D eigenvalue weighted by molar-refractivity contribution is 6.27. The number of hydrogen-bond donors (Lipinski definition) is 0. The van der Waals surface area contributed by atoms with Crippen molar-refractivity contribution in [3.05, 3.63) is 97.1 Å². The maximum Gasteiger partial charge on any atom is -0.00206 e. The van der Waals surface area contributed by atoms with Gasteiger partial charge in [0.05, 0.1) is 0 Å². The molecular formula is C26H18. The fourth-order valence-electron chi connectivity index (χ4n) is 4.27.